The van der Waals surface area contributed by atoms with E-state index in [0.29, 0.717) is 4.90 Å². The van der Waals surface area contributed by atoms with Gasteiger partial charge >= 0.3 is 0 Å². The van der Waals surface area contributed by atoms with E-state index in [1.165, 1.54) is 6.26 Å². The largest absolute Gasteiger partial charge is 0.378 e. The van der Waals surface area contributed by atoms with Gasteiger partial charge in [-0.1, -0.05) is 24.1 Å². The molecule has 108 valence electrons. The van der Waals surface area contributed by atoms with Crippen molar-refractivity contribution in [3.05, 3.63) is 59.7 Å². The van der Waals surface area contributed by atoms with Crippen LogP contribution in [-0.4, -0.2) is 14.7 Å². The van der Waals surface area contributed by atoms with Crippen LogP contribution in [0.1, 0.15) is 24.1 Å². The predicted octanol–water partition coefficient (Wildman–Crippen LogP) is 3.24. The molecular weight excluding hydrogens is 282 g/mol. The lowest BCUT2D eigenvalue weighted by Gasteiger charge is -2.16. The van der Waals surface area contributed by atoms with Gasteiger partial charge in [-0.25, -0.2) is 8.42 Å². The number of benzene rings is 2. The maximum absolute atomic E-state index is 11.4. The van der Waals surface area contributed by atoms with Gasteiger partial charge in [-0.15, -0.1) is 6.42 Å². The number of nitrogens with one attached hydrogen (secondary N) is 1. The van der Waals surface area contributed by atoms with Crippen molar-refractivity contribution in [2.24, 2.45) is 0 Å². The number of terminal acetylenes is 1. The molecule has 0 aliphatic rings. The Hall–Kier alpha value is -2.25. The molecule has 2 aromatic rings. The summed E-state index contributed by atoms with van der Waals surface area (Å²) in [6.45, 7) is 2.01. The summed E-state index contributed by atoms with van der Waals surface area (Å²) >= 11 is 0. The van der Waals surface area contributed by atoms with Gasteiger partial charge in [-0.3, -0.25) is 0 Å². The fourth-order valence-corrected chi connectivity index (χ4v) is 2.67. The molecule has 0 aliphatic heterocycles. The van der Waals surface area contributed by atoms with E-state index in [-0.39, 0.29) is 6.04 Å². The molecule has 0 aromatic heterocycles. The first-order valence-corrected chi connectivity index (χ1v) is 8.42. The van der Waals surface area contributed by atoms with Crippen LogP contribution in [0.5, 0.6) is 0 Å². The number of hydrogen-bond acceptors (Lipinski definition) is 3. The fraction of sp³-hybridized carbons (Fsp3) is 0.176. The van der Waals surface area contributed by atoms with Crippen LogP contribution in [0.2, 0.25) is 0 Å². The highest BCUT2D eigenvalue weighted by atomic mass is 32.2. The highest BCUT2D eigenvalue weighted by molar-refractivity contribution is 7.90. The third-order valence-corrected chi connectivity index (χ3v) is 4.35. The van der Waals surface area contributed by atoms with Gasteiger partial charge in [0.1, 0.15) is 0 Å². The van der Waals surface area contributed by atoms with E-state index in [0.717, 1.165) is 16.8 Å². The summed E-state index contributed by atoms with van der Waals surface area (Å²) in [5.74, 6) is 2.60. The van der Waals surface area contributed by atoms with Gasteiger partial charge in [0.25, 0.3) is 0 Å². The maximum atomic E-state index is 11.4. The molecule has 0 radical (unpaired) electrons. The van der Waals surface area contributed by atoms with Crippen molar-refractivity contribution < 1.29 is 8.42 Å². The SMILES string of the molecule is C#Cc1cccc(NC(C)c2ccc(S(C)(=O)=O)cc2)c1. The van der Waals surface area contributed by atoms with Crippen molar-refractivity contribution in [2.75, 3.05) is 11.6 Å². The lowest BCUT2D eigenvalue weighted by molar-refractivity contribution is 0.602. The molecule has 0 bridgehead atoms. The summed E-state index contributed by atoms with van der Waals surface area (Å²) in [6, 6.07) is 14.6. The van der Waals surface area contributed by atoms with Crippen LogP contribution in [0.25, 0.3) is 0 Å². The molecule has 2 aromatic carbocycles. The second-order valence-electron chi connectivity index (χ2n) is 4.93. The zero-order valence-electron chi connectivity index (χ0n) is 12.0. The Morgan fingerprint density at radius 2 is 1.81 bits per heavy atom. The number of rotatable bonds is 4. The lowest BCUT2D eigenvalue weighted by atomic mass is 10.1. The van der Waals surface area contributed by atoms with E-state index in [2.05, 4.69) is 11.2 Å². The minimum Gasteiger partial charge on any atom is -0.378 e. The van der Waals surface area contributed by atoms with Crippen molar-refractivity contribution in [1.29, 1.82) is 0 Å². The van der Waals surface area contributed by atoms with Crippen molar-refractivity contribution in [2.45, 2.75) is 17.9 Å². The Labute approximate surface area is 125 Å². The Morgan fingerprint density at radius 1 is 1.14 bits per heavy atom. The van der Waals surface area contributed by atoms with Gasteiger partial charge in [-0.2, -0.15) is 0 Å². The molecule has 21 heavy (non-hydrogen) atoms. The van der Waals surface area contributed by atoms with Crippen LogP contribution in [-0.2, 0) is 9.84 Å². The van der Waals surface area contributed by atoms with Crippen LogP contribution in [0, 0.1) is 12.3 Å². The minimum atomic E-state index is -3.16. The molecule has 0 heterocycles. The van der Waals surface area contributed by atoms with E-state index >= 15 is 0 Å². The molecule has 3 nitrogen and oxygen atoms in total. The summed E-state index contributed by atoms with van der Waals surface area (Å²) in [5, 5.41) is 3.35. The summed E-state index contributed by atoms with van der Waals surface area (Å²) in [7, 11) is -3.16. The molecule has 0 fully saturated rings. The Balaban J connectivity index is 2.17. The van der Waals surface area contributed by atoms with Gasteiger partial charge in [0.05, 0.1) is 4.90 Å². The third kappa shape index (κ3) is 3.87. The average Bonchev–Trinajstić information content (AvgIpc) is 2.46. The average molecular weight is 299 g/mol. The van der Waals surface area contributed by atoms with Crippen LogP contribution < -0.4 is 5.32 Å². The van der Waals surface area contributed by atoms with E-state index < -0.39 is 9.84 Å². The molecule has 1 N–H and O–H groups in total. The van der Waals surface area contributed by atoms with Gasteiger partial charge in [0.15, 0.2) is 9.84 Å². The van der Waals surface area contributed by atoms with E-state index in [9.17, 15) is 8.42 Å². The van der Waals surface area contributed by atoms with Gasteiger partial charge in [0, 0.05) is 23.5 Å². The molecule has 1 atom stereocenters. The highest BCUT2D eigenvalue weighted by Gasteiger charge is 2.09. The first-order chi connectivity index (χ1) is 9.90. The number of hydrogen-bond donors (Lipinski definition) is 1. The molecular formula is C17H17NO2S. The van der Waals surface area contributed by atoms with Crippen molar-refractivity contribution in [1.82, 2.24) is 0 Å². The van der Waals surface area contributed by atoms with Crippen molar-refractivity contribution >= 4 is 15.5 Å². The quantitative estimate of drug-likeness (QED) is 0.882. The third-order valence-electron chi connectivity index (χ3n) is 3.22. The Bertz CT molecular complexity index is 771. The molecule has 0 aliphatic carbocycles. The van der Waals surface area contributed by atoms with Crippen LogP contribution in [0.3, 0.4) is 0 Å². The number of anilines is 1. The Kier molecular flexibility index (Phi) is 4.35. The van der Waals surface area contributed by atoms with E-state index in [1.54, 1.807) is 12.1 Å². The molecule has 4 heteroatoms. The van der Waals surface area contributed by atoms with E-state index in [1.807, 2.05) is 43.3 Å². The standard InChI is InChI=1S/C17H17NO2S/c1-4-14-6-5-7-16(12-14)18-13(2)15-8-10-17(11-9-15)21(3,19)20/h1,5-13,18H,2-3H3. The van der Waals surface area contributed by atoms with Gasteiger partial charge in [0.2, 0.25) is 0 Å². The summed E-state index contributed by atoms with van der Waals surface area (Å²) in [5.41, 5.74) is 2.76. The smallest absolute Gasteiger partial charge is 0.175 e. The molecule has 0 spiro atoms. The maximum Gasteiger partial charge on any atom is 0.175 e. The molecule has 2 rings (SSSR count). The molecule has 0 amide bonds. The van der Waals surface area contributed by atoms with Crippen LogP contribution >= 0.6 is 0 Å². The highest BCUT2D eigenvalue weighted by Crippen LogP contribution is 2.21. The predicted molar refractivity (Wildman–Crippen MR) is 86.0 cm³/mol. The summed E-state index contributed by atoms with van der Waals surface area (Å²) in [4.78, 5) is 0.327. The second kappa shape index (κ2) is 6.02. The first-order valence-electron chi connectivity index (χ1n) is 6.53. The normalized spacial score (nSPS) is 12.4. The second-order valence-corrected chi connectivity index (χ2v) is 6.95. The molecule has 0 saturated carbocycles. The monoisotopic (exact) mass is 299 g/mol. The molecule has 0 saturated heterocycles. The first kappa shape index (κ1) is 15.1. The van der Waals surface area contributed by atoms with Crippen LogP contribution in [0.4, 0.5) is 5.69 Å². The van der Waals surface area contributed by atoms with Gasteiger partial charge < -0.3 is 5.32 Å². The zero-order valence-corrected chi connectivity index (χ0v) is 12.8. The number of sulfone groups is 1. The zero-order chi connectivity index (χ0) is 15.5. The van der Waals surface area contributed by atoms with Gasteiger partial charge in [-0.05, 0) is 42.8 Å². The topological polar surface area (TPSA) is 46.2 Å². The summed E-state index contributed by atoms with van der Waals surface area (Å²) in [6.07, 6.45) is 6.59. The summed E-state index contributed by atoms with van der Waals surface area (Å²) < 4.78 is 22.9. The lowest BCUT2D eigenvalue weighted by Crippen LogP contribution is -2.07. The fourth-order valence-electron chi connectivity index (χ4n) is 2.04. The van der Waals surface area contributed by atoms with E-state index in [4.69, 9.17) is 6.42 Å². The van der Waals surface area contributed by atoms with Crippen LogP contribution in [0.15, 0.2) is 53.4 Å². The Morgan fingerprint density at radius 3 is 2.38 bits per heavy atom. The molecule has 1 unspecified atom stereocenters. The van der Waals surface area contributed by atoms with Crippen molar-refractivity contribution in [3.63, 3.8) is 0 Å². The van der Waals surface area contributed by atoms with Crippen molar-refractivity contribution in [3.8, 4) is 12.3 Å². The minimum absolute atomic E-state index is 0.0478.